The third-order valence-electron chi connectivity index (χ3n) is 7.42. The number of hydrogen-bond donors (Lipinski definition) is 4. The zero-order valence-electron chi connectivity index (χ0n) is 22.2. The molecule has 45 heavy (non-hydrogen) atoms. The first-order valence-electron chi connectivity index (χ1n) is 13.0. The van der Waals surface area contributed by atoms with Crippen LogP contribution >= 0.6 is 25.8 Å². The standard InChI is InChI=1S/C20H21F2N9O10P2S2/c21-8-6-1-36-42(34,44)40-12-7(39-18(9(12)22)30-4-26-10-14(30)24-3-25-16(10)32)2-37-43(35,45)41-13(8)19(38-6)31-5-27-11-15(31)28-20(23)29-17(11)33/h3-13,18-19H,1-2H2,(H,34,44)(H,35,45)(H2,23,29,33)/t6-,7-,8-,9+,10?,11?,12-,13-,18-,19-,42?,43?/m1/s1. The van der Waals surface area contributed by atoms with Crippen molar-refractivity contribution in [1.82, 2.24) is 15.1 Å². The molecule has 0 radical (unpaired) electrons. The van der Waals surface area contributed by atoms with Crippen LogP contribution in [0, 0.1) is 5.41 Å². The van der Waals surface area contributed by atoms with Gasteiger partial charge in [0, 0.05) is 0 Å². The molecule has 7 heterocycles. The third-order valence-corrected chi connectivity index (χ3v) is 10.6. The van der Waals surface area contributed by atoms with Gasteiger partial charge in [-0.3, -0.25) is 53.7 Å². The van der Waals surface area contributed by atoms with Crippen LogP contribution in [0.2, 0.25) is 0 Å². The fraction of sp³-hybridized carbons (Fsp3) is 0.600. The maximum Gasteiger partial charge on any atom is 0.386 e. The van der Waals surface area contributed by atoms with Crippen LogP contribution in [0.15, 0.2) is 25.0 Å². The number of aliphatic imine (C=N–C) groups is 5. The minimum atomic E-state index is -4.51. The molecule has 19 nitrogen and oxygen atoms in total. The van der Waals surface area contributed by atoms with Gasteiger partial charge in [0.25, 0.3) is 11.8 Å². The first-order valence-corrected chi connectivity index (χ1v) is 18.3. The van der Waals surface area contributed by atoms with E-state index < -0.39 is 106 Å². The zero-order valence-corrected chi connectivity index (χ0v) is 25.7. The van der Waals surface area contributed by atoms with Crippen LogP contribution in [0.1, 0.15) is 0 Å². The summed E-state index contributed by atoms with van der Waals surface area (Å²) < 4.78 is 78.5. The number of fused-ring (bicyclic) bond motifs is 5. The number of carbonyl (C=O) groups excluding carboxylic acids is 2. The van der Waals surface area contributed by atoms with Gasteiger partial charge in [-0.25, -0.2) is 18.3 Å². The van der Waals surface area contributed by atoms with E-state index in [4.69, 9.17) is 44.8 Å². The Hall–Kier alpha value is -2.43. The number of alkyl halides is 2. The number of amidine groups is 2. The summed E-state index contributed by atoms with van der Waals surface area (Å²) in [5, 5.41) is 9.95. The quantitative estimate of drug-likeness (QED) is 0.200. The Morgan fingerprint density at radius 3 is 2.47 bits per heavy atom. The second-order valence-corrected chi connectivity index (χ2v) is 15.9. The van der Waals surface area contributed by atoms with E-state index >= 15 is 8.78 Å². The molecule has 242 valence electrons. The summed E-state index contributed by atoms with van der Waals surface area (Å²) >= 11 is 9.06. The normalized spacial score (nSPS) is 46.1. The SMILES string of the molecule is N=C1N=C2C(N=CN2[C@@H]2O[C@@H]3COP(O)(=S)O[C@H]4[C@H](F)[C@H](N5C=NC6C(=O)N=CN=C65)O[C@@H]4COP(=O)(S)O[C@@H]2[C@@H]3F)C(=O)N1. The van der Waals surface area contributed by atoms with Gasteiger partial charge < -0.3 is 18.9 Å². The Bertz CT molecular complexity index is 1600. The molecule has 7 aliphatic heterocycles. The van der Waals surface area contributed by atoms with Crippen LogP contribution in [-0.4, -0.2) is 138 Å². The second kappa shape index (κ2) is 11.4. The first-order chi connectivity index (χ1) is 21.3. The molecule has 0 saturated carbocycles. The molecule has 4 unspecified atom stereocenters. The molecule has 25 heteroatoms. The summed E-state index contributed by atoms with van der Waals surface area (Å²) in [5.41, 5.74) is 0. The number of hydrogen-bond acceptors (Lipinski definition) is 16. The van der Waals surface area contributed by atoms with Crippen molar-refractivity contribution in [3.8, 4) is 0 Å². The van der Waals surface area contributed by atoms with Gasteiger partial charge in [0.2, 0.25) is 5.96 Å². The summed E-state index contributed by atoms with van der Waals surface area (Å²) in [6.07, 6.45) is -10.4. The first kappa shape index (κ1) is 31.2. The molecular formula is C20H21F2N9O10P2S2. The Balaban J connectivity index is 1.15. The van der Waals surface area contributed by atoms with Gasteiger partial charge in [-0.15, -0.1) is 0 Å². The molecule has 0 spiro atoms. The van der Waals surface area contributed by atoms with E-state index in [1.165, 1.54) is 0 Å². The molecule has 3 saturated heterocycles. The molecule has 3 fully saturated rings. The van der Waals surface area contributed by atoms with Crippen molar-refractivity contribution in [2.24, 2.45) is 25.0 Å². The van der Waals surface area contributed by atoms with Gasteiger partial charge in [0.05, 0.1) is 25.9 Å². The Kier molecular flexibility index (Phi) is 7.88. The number of halogens is 2. The lowest BCUT2D eigenvalue weighted by Gasteiger charge is -2.31. The number of amides is 2. The van der Waals surface area contributed by atoms with E-state index in [-0.39, 0.29) is 11.7 Å². The van der Waals surface area contributed by atoms with Crippen LogP contribution in [0.3, 0.4) is 0 Å². The van der Waals surface area contributed by atoms with Crippen LogP contribution in [0.25, 0.3) is 0 Å². The highest BCUT2D eigenvalue weighted by atomic mass is 32.7. The highest BCUT2D eigenvalue weighted by Gasteiger charge is 2.57. The van der Waals surface area contributed by atoms with Crippen molar-refractivity contribution >= 4 is 86.0 Å². The lowest BCUT2D eigenvalue weighted by molar-refractivity contribution is -0.120. The summed E-state index contributed by atoms with van der Waals surface area (Å²) in [6, 6.07) is -2.28. The fourth-order valence-corrected chi connectivity index (χ4v) is 8.30. The lowest BCUT2D eigenvalue weighted by atomic mass is 10.1. The number of rotatable bonds is 2. The number of carbonyl (C=O) groups is 2. The zero-order chi connectivity index (χ0) is 31.8. The molecule has 0 aromatic heterocycles. The van der Waals surface area contributed by atoms with Crippen LogP contribution in [-0.2, 0) is 53.5 Å². The van der Waals surface area contributed by atoms with Crippen LogP contribution in [0.4, 0.5) is 8.78 Å². The monoisotopic (exact) mass is 711 g/mol. The van der Waals surface area contributed by atoms with E-state index in [9.17, 15) is 19.0 Å². The van der Waals surface area contributed by atoms with Gasteiger partial charge in [-0.1, -0.05) is 12.2 Å². The van der Waals surface area contributed by atoms with Crippen molar-refractivity contribution in [3.05, 3.63) is 0 Å². The Morgan fingerprint density at radius 2 is 1.69 bits per heavy atom. The van der Waals surface area contributed by atoms with E-state index in [0.717, 1.165) is 28.8 Å². The van der Waals surface area contributed by atoms with Crippen molar-refractivity contribution < 1.29 is 55.4 Å². The minimum absolute atomic E-state index is 0.0249. The Morgan fingerprint density at radius 1 is 1.00 bits per heavy atom. The van der Waals surface area contributed by atoms with Crippen molar-refractivity contribution in [1.29, 1.82) is 5.41 Å². The topological polar surface area (TPSA) is 231 Å². The van der Waals surface area contributed by atoms with Crippen molar-refractivity contribution in [2.75, 3.05) is 13.2 Å². The molecule has 2 bridgehead atoms. The average molecular weight is 712 g/mol. The maximum absolute atomic E-state index is 15.9. The third kappa shape index (κ3) is 5.63. The van der Waals surface area contributed by atoms with E-state index in [1.807, 2.05) is 0 Å². The molecule has 7 aliphatic rings. The number of nitrogens with zero attached hydrogens (tertiary/aromatic N) is 7. The summed E-state index contributed by atoms with van der Waals surface area (Å²) in [4.78, 5) is 57.0. The Labute approximate surface area is 261 Å². The number of ether oxygens (including phenoxy) is 2. The van der Waals surface area contributed by atoms with E-state index in [0.29, 0.717) is 0 Å². The maximum atomic E-state index is 15.9. The number of thiol groups is 1. The minimum Gasteiger partial charge on any atom is -0.346 e. The molecule has 12 atom stereocenters. The smallest absolute Gasteiger partial charge is 0.346 e. The van der Waals surface area contributed by atoms with Gasteiger partial charge >= 0.3 is 13.5 Å². The average Bonchev–Trinajstić information content (AvgIpc) is 3.72. The largest absolute Gasteiger partial charge is 0.386 e. The van der Waals surface area contributed by atoms with Gasteiger partial charge in [0.1, 0.15) is 36.6 Å². The van der Waals surface area contributed by atoms with E-state index in [1.54, 1.807) is 0 Å². The van der Waals surface area contributed by atoms with Gasteiger partial charge in [-0.2, -0.15) is 9.98 Å². The molecule has 0 aliphatic carbocycles. The van der Waals surface area contributed by atoms with Crippen LogP contribution < -0.4 is 5.32 Å². The molecule has 2 amide bonds. The number of nitrogens with one attached hydrogen (secondary N) is 2. The molecule has 0 aromatic rings. The van der Waals surface area contributed by atoms with Gasteiger partial charge in [-0.05, 0) is 11.8 Å². The highest BCUT2D eigenvalue weighted by molar-refractivity contribution is 8.44. The molecule has 0 aromatic carbocycles. The molecular weight excluding hydrogens is 690 g/mol. The van der Waals surface area contributed by atoms with E-state index in [2.05, 4.69) is 42.5 Å². The number of guanidine groups is 1. The fourth-order valence-electron chi connectivity index (χ4n) is 5.41. The summed E-state index contributed by atoms with van der Waals surface area (Å²) in [6.45, 7) is -10.3. The van der Waals surface area contributed by atoms with Gasteiger partial charge in [0.15, 0.2) is 42.7 Å². The summed E-state index contributed by atoms with van der Waals surface area (Å²) in [5.74, 6) is -1.86. The predicted molar refractivity (Wildman–Crippen MR) is 154 cm³/mol. The molecule has 3 N–H and O–H groups in total. The lowest BCUT2D eigenvalue weighted by Crippen LogP contribution is -2.53. The predicted octanol–water partition coefficient (Wildman–Crippen LogP) is -0.961. The second-order valence-electron chi connectivity index (χ2n) is 10.2. The molecule has 7 rings (SSSR count). The highest BCUT2D eigenvalue weighted by Crippen LogP contribution is 2.58. The van der Waals surface area contributed by atoms with Crippen molar-refractivity contribution in [2.45, 2.75) is 61.3 Å². The van der Waals surface area contributed by atoms with Crippen molar-refractivity contribution in [3.63, 3.8) is 0 Å². The van der Waals surface area contributed by atoms with Crippen LogP contribution in [0.5, 0.6) is 0 Å². The summed E-state index contributed by atoms with van der Waals surface area (Å²) in [7, 11) is 0.